The predicted molar refractivity (Wildman–Crippen MR) is 58.0 cm³/mol. The topological polar surface area (TPSA) is 24.9 Å². The average Bonchev–Trinajstić information content (AvgIpc) is 2.65. The summed E-state index contributed by atoms with van der Waals surface area (Å²) < 4.78 is 0. The van der Waals surface area contributed by atoms with Gasteiger partial charge in [0.2, 0.25) is 0 Å². The van der Waals surface area contributed by atoms with Gasteiger partial charge < -0.3 is 5.32 Å². The molecule has 72 valence electrons. The quantitative estimate of drug-likeness (QED) is 0.708. The van der Waals surface area contributed by atoms with Crippen molar-refractivity contribution in [2.24, 2.45) is 0 Å². The molecule has 0 aliphatic rings. The van der Waals surface area contributed by atoms with Gasteiger partial charge in [-0.05, 0) is 19.4 Å². The Morgan fingerprint density at radius 2 is 2.62 bits per heavy atom. The van der Waals surface area contributed by atoms with Crippen LogP contribution < -0.4 is 5.32 Å². The van der Waals surface area contributed by atoms with E-state index in [1.165, 1.54) is 0 Å². The molecule has 1 N–H and O–H groups in total. The van der Waals surface area contributed by atoms with Gasteiger partial charge in [0.25, 0.3) is 0 Å². The molecule has 0 aliphatic carbocycles. The fraction of sp³-hybridized carbons (Fsp3) is 0.500. The number of aromatic nitrogens is 1. The second-order valence-electron chi connectivity index (χ2n) is 2.89. The summed E-state index contributed by atoms with van der Waals surface area (Å²) in [7, 11) is 0. The number of rotatable bonds is 6. The summed E-state index contributed by atoms with van der Waals surface area (Å²) in [5.41, 5.74) is 3.04. The Kier molecular flexibility index (Phi) is 4.72. The highest BCUT2D eigenvalue weighted by atomic mass is 32.1. The van der Waals surface area contributed by atoms with Crippen LogP contribution in [0.5, 0.6) is 0 Å². The van der Waals surface area contributed by atoms with Gasteiger partial charge in [-0.2, -0.15) is 0 Å². The van der Waals surface area contributed by atoms with Crippen LogP contribution in [0.4, 0.5) is 0 Å². The minimum absolute atomic E-state index is 0.397. The van der Waals surface area contributed by atoms with E-state index in [9.17, 15) is 0 Å². The first-order valence-electron chi connectivity index (χ1n) is 4.60. The van der Waals surface area contributed by atoms with Crippen molar-refractivity contribution in [3.63, 3.8) is 0 Å². The average molecular weight is 196 g/mol. The number of hydrogen-bond acceptors (Lipinski definition) is 3. The van der Waals surface area contributed by atoms with Crippen molar-refractivity contribution in [1.29, 1.82) is 0 Å². The van der Waals surface area contributed by atoms with Crippen molar-refractivity contribution >= 4 is 11.3 Å². The first kappa shape index (κ1) is 10.4. The van der Waals surface area contributed by atoms with Crippen molar-refractivity contribution < 1.29 is 0 Å². The predicted octanol–water partition coefficient (Wildman–Crippen LogP) is 2.76. The number of nitrogens with one attached hydrogen (secondary N) is 1. The monoisotopic (exact) mass is 196 g/mol. The maximum absolute atomic E-state index is 4.31. The fourth-order valence-electron chi connectivity index (χ4n) is 1.28. The lowest BCUT2D eigenvalue weighted by Gasteiger charge is -2.14. The normalized spacial score (nSPS) is 12.7. The van der Waals surface area contributed by atoms with E-state index in [-0.39, 0.29) is 0 Å². The summed E-state index contributed by atoms with van der Waals surface area (Å²) in [5, 5.41) is 5.52. The molecule has 2 nitrogen and oxygen atoms in total. The molecular weight excluding hydrogens is 180 g/mol. The van der Waals surface area contributed by atoms with Gasteiger partial charge >= 0.3 is 0 Å². The molecule has 0 fully saturated rings. The van der Waals surface area contributed by atoms with Crippen molar-refractivity contribution in [3.05, 3.63) is 29.2 Å². The fourth-order valence-corrected chi connectivity index (χ4v) is 1.89. The molecule has 0 bridgehead atoms. The Balaban J connectivity index is 2.51. The molecule has 0 spiro atoms. The van der Waals surface area contributed by atoms with E-state index >= 15 is 0 Å². The van der Waals surface area contributed by atoms with Gasteiger partial charge in [0.15, 0.2) is 0 Å². The number of thiazole rings is 1. The zero-order valence-electron chi connectivity index (χ0n) is 7.99. The Morgan fingerprint density at radius 3 is 3.15 bits per heavy atom. The molecule has 1 rings (SSSR count). The summed E-state index contributed by atoms with van der Waals surface area (Å²) in [6, 6.07) is 0.397. The number of allylic oxidation sites excluding steroid dienone is 1. The largest absolute Gasteiger partial charge is 0.309 e. The van der Waals surface area contributed by atoms with Crippen LogP contribution in [0.1, 0.15) is 31.5 Å². The maximum Gasteiger partial charge on any atom is 0.0795 e. The standard InChI is InChI=1S/C10H16N2S/c1-3-5-6-9(11-4-2)10-7-13-8-12-10/h3,7-9,11H,1,4-6H2,2H3. The molecular formula is C10H16N2S. The van der Waals surface area contributed by atoms with Crippen LogP contribution in [0.2, 0.25) is 0 Å². The van der Waals surface area contributed by atoms with Crippen LogP contribution in [0.15, 0.2) is 23.5 Å². The van der Waals surface area contributed by atoms with E-state index in [0.29, 0.717) is 6.04 Å². The van der Waals surface area contributed by atoms with Crippen molar-refractivity contribution in [2.45, 2.75) is 25.8 Å². The SMILES string of the molecule is C=CCCC(NCC)c1cscn1. The molecule has 1 unspecified atom stereocenters. The molecule has 0 aromatic carbocycles. The Labute approximate surface area is 83.7 Å². The van der Waals surface area contributed by atoms with Gasteiger partial charge in [-0.3, -0.25) is 0 Å². The van der Waals surface area contributed by atoms with Crippen LogP contribution in [0.3, 0.4) is 0 Å². The summed E-state index contributed by atoms with van der Waals surface area (Å²) in [5.74, 6) is 0. The first-order chi connectivity index (χ1) is 6.38. The first-order valence-corrected chi connectivity index (χ1v) is 5.55. The second-order valence-corrected chi connectivity index (χ2v) is 3.61. The summed E-state index contributed by atoms with van der Waals surface area (Å²) in [6.07, 6.45) is 4.08. The van der Waals surface area contributed by atoms with Crippen molar-refractivity contribution in [3.8, 4) is 0 Å². The van der Waals surface area contributed by atoms with Crippen LogP contribution in [-0.2, 0) is 0 Å². The van der Waals surface area contributed by atoms with Crippen molar-refractivity contribution in [1.82, 2.24) is 10.3 Å². The van der Waals surface area contributed by atoms with E-state index in [0.717, 1.165) is 25.1 Å². The molecule has 1 heterocycles. The lowest BCUT2D eigenvalue weighted by molar-refractivity contribution is 0.510. The van der Waals surface area contributed by atoms with E-state index < -0.39 is 0 Å². The van der Waals surface area contributed by atoms with Crippen LogP contribution >= 0.6 is 11.3 Å². The third kappa shape index (κ3) is 3.28. The van der Waals surface area contributed by atoms with Crippen LogP contribution in [-0.4, -0.2) is 11.5 Å². The number of nitrogens with zero attached hydrogens (tertiary/aromatic N) is 1. The van der Waals surface area contributed by atoms with Gasteiger partial charge in [0.1, 0.15) is 0 Å². The molecule has 1 aromatic rings. The van der Waals surface area contributed by atoms with Gasteiger partial charge in [-0.15, -0.1) is 17.9 Å². The van der Waals surface area contributed by atoms with E-state index in [1.807, 2.05) is 11.6 Å². The smallest absolute Gasteiger partial charge is 0.0795 e. The number of hydrogen-bond donors (Lipinski definition) is 1. The summed E-state index contributed by atoms with van der Waals surface area (Å²) in [6.45, 7) is 6.83. The van der Waals surface area contributed by atoms with E-state index in [2.05, 4.69) is 29.2 Å². The lowest BCUT2D eigenvalue weighted by atomic mass is 10.1. The second kappa shape index (κ2) is 5.89. The highest BCUT2D eigenvalue weighted by molar-refractivity contribution is 7.07. The van der Waals surface area contributed by atoms with Gasteiger partial charge in [0, 0.05) is 5.38 Å². The molecule has 0 aliphatic heterocycles. The Morgan fingerprint density at radius 1 is 1.77 bits per heavy atom. The highest BCUT2D eigenvalue weighted by Crippen LogP contribution is 2.18. The molecule has 0 saturated heterocycles. The molecule has 1 aromatic heterocycles. The maximum atomic E-state index is 4.31. The molecule has 1 atom stereocenters. The minimum Gasteiger partial charge on any atom is -0.309 e. The summed E-state index contributed by atoms with van der Waals surface area (Å²) >= 11 is 1.65. The summed E-state index contributed by atoms with van der Waals surface area (Å²) in [4.78, 5) is 4.31. The van der Waals surface area contributed by atoms with E-state index in [1.54, 1.807) is 11.3 Å². The van der Waals surface area contributed by atoms with Crippen LogP contribution in [0, 0.1) is 0 Å². The van der Waals surface area contributed by atoms with Gasteiger partial charge in [-0.25, -0.2) is 4.98 Å². The highest BCUT2D eigenvalue weighted by Gasteiger charge is 2.10. The van der Waals surface area contributed by atoms with Crippen molar-refractivity contribution in [2.75, 3.05) is 6.54 Å². The molecule has 0 saturated carbocycles. The Hall–Kier alpha value is -0.670. The Bertz CT molecular complexity index is 231. The third-order valence-electron chi connectivity index (χ3n) is 1.92. The van der Waals surface area contributed by atoms with Crippen LogP contribution in [0.25, 0.3) is 0 Å². The minimum atomic E-state index is 0.397. The zero-order valence-corrected chi connectivity index (χ0v) is 8.81. The molecule has 0 amide bonds. The lowest BCUT2D eigenvalue weighted by Crippen LogP contribution is -2.20. The third-order valence-corrected chi connectivity index (χ3v) is 2.52. The van der Waals surface area contributed by atoms with E-state index in [4.69, 9.17) is 0 Å². The molecule has 0 radical (unpaired) electrons. The zero-order chi connectivity index (χ0) is 9.52. The van der Waals surface area contributed by atoms with Gasteiger partial charge in [0.05, 0.1) is 17.2 Å². The van der Waals surface area contributed by atoms with Gasteiger partial charge in [-0.1, -0.05) is 13.0 Å². The molecule has 3 heteroatoms. The molecule has 13 heavy (non-hydrogen) atoms.